The van der Waals surface area contributed by atoms with E-state index < -0.39 is 28.8 Å². The first-order chi connectivity index (χ1) is 11.8. The van der Waals surface area contributed by atoms with Gasteiger partial charge >= 0.3 is 0 Å². The molecule has 10 heteroatoms. The summed E-state index contributed by atoms with van der Waals surface area (Å²) in [5, 5.41) is 11.1. The number of amides is 1. The SMILES string of the molecule is Cn1cc(C(=O)NOCCO)c(Nc2ccc(Br)cc2F)c(F)c1=O. The Morgan fingerprint density at radius 2 is 2.12 bits per heavy atom. The van der Waals surface area contributed by atoms with Crippen molar-refractivity contribution >= 4 is 33.2 Å². The number of hydrogen-bond acceptors (Lipinski definition) is 5. The molecule has 0 saturated heterocycles. The van der Waals surface area contributed by atoms with Crippen LogP contribution in [0.2, 0.25) is 0 Å². The highest BCUT2D eigenvalue weighted by molar-refractivity contribution is 9.10. The van der Waals surface area contributed by atoms with E-state index in [1.807, 2.05) is 5.48 Å². The van der Waals surface area contributed by atoms with Gasteiger partial charge in [-0.3, -0.25) is 14.4 Å². The van der Waals surface area contributed by atoms with Crippen LogP contribution in [0.1, 0.15) is 10.4 Å². The summed E-state index contributed by atoms with van der Waals surface area (Å²) in [4.78, 5) is 28.6. The van der Waals surface area contributed by atoms with Crippen LogP contribution in [-0.2, 0) is 11.9 Å². The minimum atomic E-state index is -1.25. The Labute approximate surface area is 149 Å². The summed E-state index contributed by atoms with van der Waals surface area (Å²) >= 11 is 3.09. The highest BCUT2D eigenvalue weighted by Crippen LogP contribution is 2.26. The van der Waals surface area contributed by atoms with E-state index in [4.69, 9.17) is 5.11 Å². The molecule has 0 aliphatic rings. The highest BCUT2D eigenvalue weighted by atomic mass is 79.9. The number of carbonyl (C=O) groups excluding carboxylic acids is 1. The minimum Gasteiger partial charge on any atom is -0.394 e. The van der Waals surface area contributed by atoms with Crippen molar-refractivity contribution in [3.8, 4) is 0 Å². The van der Waals surface area contributed by atoms with Gasteiger partial charge in [0, 0.05) is 17.7 Å². The van der Waals surface area contributed by atoms with Crippen LogP contribution in [-0.4, -0.2) is 28.8 Å². The summed E-state index contributed by atoms with van der Waals surface area (Å²) in [6, 6.07) is 3.97. The van der Waals surface area contributed by atoms with Crippen LogP contribution in [0.4, 0.5) is 20.2 Å². The van der Waals surface area contributed by atoms with Crippen LogP contribution in [0.5, 0.6) is 0 Å². The number of rotatable bonds is 6. The van der Waals surface area contributed by atoms with Crippen molar-refractivity contribution < 1.29 is 23.5 Å². The summed E-state index contributed by atoms with van der Waals surface area (Å²) in [6.45, 7) is -0.513. The van der Waals surface area contributed by atoms with Gasteiger partial charge in [0.25, 0.3) is 11.5 Å². The third kappa shape index (κ3) is 4.41. The third-order valence-corrected chi connectivity index (χ3v) is 3.61. The zero-order valence-electron chi connectivity index (χ0n) is 13.0. The molecule has 0 bridgehead atoms. The molecule has 25 heavy (non-hydrogen) atoms. The first kappa shape index (κ1) is 19.0. The quantitative estimate of drug-likeness (QED) is 0.492. The molecule has 2 rings (SSSR count). The predicted octanol–water partition coefficient (Wildman–Crippen LogP) is 1.82. The smallest absolute Gasteiger partial charge is 0.288 e. The highest BCUT2D eigenvalue weighted by Gasteiger charge is 2.21. The Kier molecular flexibility index (Phi) is 6.23. The average Bonchev–Trinajstić information content (AvgIpc) is 2.57. The molecule has 1 heterocycles. The second kappa shape index (κ2) is 8.19. The number of carbonyl (C=O) groups is 1. The van der Waals surface area contributed by atoms with Gasteiger partial charge in [-0.15, -0.1) is 0 Å². The van der Waals surface area contributed by atoms with Gasteiger partial charge < -0.3 is 15.0 Å². The molecular weight excluding hydrogens is 404 g/mol. The molecule has 7 nitrogen and oxygen atoms in total. The molecule has 0 saturated carbocycles. The van der Waals surface area contributed by atoms with Crippen LogP contribution in [0.25, 0.3) is 0 Å². The van der Waals surface area contributed by atoms with Crippen molar-refractivity contribution in [3.05, 3.63) is 56.4 Å². The van der Waals surface area contributed by atoms with Gasteiger partial charge in [0.1, 0.15) is 5.82 Å². The fourth-order valence-corrected chi connectivity index (χ4v) is 2.27. The summed E-state index contributed by atoms with van der Waals surface area (Å²) in [6.07, 6.45) is 1.09. The van der Waals surface area contributed by atoms with E-state index >= 15 is 0 Å². The number of benzene rings is 1. The fourth-order valence-electron chi connectivity index (χ4n) is 1.93. The Morgan fingerprint density at radius 3 is 2.76 bits per heavy atom. The van der Waals surface area contributed by atoms with Crippen molar-refractivity contribution in [1.29, 1.82) is 0 Å². The molecule has 1 aromatic heterocycles. The second-order valence-corrected chi connectivity index (χ2v) is 5.82. The van der Waals surface area contributed by atoms with Gasteiger partial charge in [0.2, 0.25) is 5.82 Å². The fraction of sp³-hybridized carbons (Fsp3) is 0.200. The van der Waals surface area contributed by atoms with E-state index in [0.29, 0.717) is 4.47 Å². The number of nitrogens with one attached hydrogen (secondary N) is 2. The number of aliphatic hydroxyl groups is 1. The Morgan fingerprint density at radius 1 is 1.40 bits per heavy atom. The van der Waals surface area contributed by atoms with Gasteiger partial charge in [0.15, 0.2) is 0 Å². The first-order valence-corrected chi connectivity index (χ1v) is 7.78. The Balaban J connectivity index is 2.45. The van der Waals surface area contributed by atoms with Crippen LogP contribution < -0.4 is 16.4 Å². The molecule has 0 unspecified atom stereocenters. The first-order valence-electron chi connectivity index (χ1n) is 6.99. The lowest BCUT2D eigenvalue weighted by molar-refractivity contribution is 0.0168. The molecule has 0 aliphatic heterocycles. The lowest BCUT2D eigenvalue weighted by Gasteiger charge is -2.15. The molecule has 1 amide bonds. The molecule has 0 spiro atoms. The maximum absolute atomic E-state index is 14.4. The van der Waals surface area contributed by atoms with Gasteiger partial charge in [-0.05, 0) is 18.2 Å². The van der Waals surface area contributed by atoms with Gasteiger partial charge in [0.05, 0.1) is 30.2 Å². The van der Waals surface area contributed by atoms with Crippen molar-refractivity contribution in [3.63, 3.8) is 0 Å². The zero-order valence-corrected chi connectivity index (χ0v) is 14.6. The number of nitrogens with zero attached hydrogens (tertiary/aromatic N) is 1. The van der Waals surface area contributed by atoms with Crippen LogP contribution >= 0.6 is 15.9 Å². The van der Waals surface area contributed by atoms with E-state index in [2.05, 4.69) is 26.1 Å². The molecule has 1 aromatic carbocycles. The van der Waals surface area contributed by atoms with Crippen LogP contribution in [0.3, 0.4) is 0 Å². The van der Waals surface area contributed by atoms with Gasteiger partial charge in [-0.2, -0.15) is 4.39 Å². The number of pyridine rings is 1. The number of aliphatic hydroxyl groups excluding tert-OH is 1. The van der Waals surface area contributed by atoms with E-state index in [1.54, 1.807) is 0 Å². The monoisotopic (exact) mass is 417 g/mol. The molecule has 0 fully saturated rings. The molecule has 0 radical (unpaired) electrons. The number of anilines is 2. The van der Waals surface area contributed by atoms with Crippen molar-refractivity contribution in [2.24, 2.45) is 7.05 Å². The topological polar surface area (TPSA) is 92.6 Å². The summed E-state index contributed by atoms with van der Waals surface area (Å²) in [5.41, 5.74) is 0.115. The van der Waals surface area contributed by atoms with Gasteiger partial charge in [-0.1, -0.05) is 15.9 Å². The average molecular weight is 418 g/mol. The molecule has 0 aliphatic carbocycles. The molecule has 0 atom stereocenters. The minimum absolute atomic E-state index is 0.124. The Bertz CT molecular complexity index is 857. The number of halogens is 3. The summed E-state index contributed by atoms with van der Waals surface area (Å²) < 4.78 is 29.7. The number of hydrogen-bond donors (Lipinski definition) is 3. The molecule has 3 N–H and O–H groups in total. The van der Waals surface area contributed by atoms with Crippen LogP contribution in [0.15, 0.2) is 33.7 Å². The molecule has 2 aromatic rings. The lowest BCUT2D eigenvalue weighted by Crippen LogP contribution is -2.30. The maximum Gasteiger partial charge on any atom is 0.288 e. The van der Waals surface area contributed by atoms with Crippen molar-refractivity contribution in [1.82, 2.24) is 10.0 Å². The zero-order chi connectivity index (χ0) is 18.6. The number of aromatic nitrogens is 1. The van der Waals surface area contributed by atoms with Crippen LogP contribution in [0, 0.1) is 11.6 Å². The van der Waals surface area contributed by atoms with Crippen molar-refractivity contribution in [2.45, 2.75) is 0 Å². The van der Waals surface area contributed by atoms with Crippen molar-refractivity contribution in [2.75, 3.05) is 18.5 Å². The van der Waals surface area contributed by atoms with E-state index in [0.717, 1.165) is 16.8 Å². The second-order valence-electron chi connectivity index (χ2n) is 4.90. The van der Waals surface area contributed by atoms with Gasteiger partial charge in [-0.25, -0.2) is 9.87 Å². The number of aryl methyl sites for hydroxylation is 1. The Hall–Kier alpha value is -2.30. The summed E-state index contributed by atoms with van der Waals surface area (Å²) in [5.74, 6) is -2.83. The normalized spacial score (nSPS) is 10.6. The lowest BCUT2D eigenvalue weighted by atomic mass is 10.2. The summed E-state index contributed by atoms with van der Waals surface area (Å²) in [7, 11) is 1.26. The largest absolute Gasteiger partial charge is 0.394 e. The predicted molar refractivity (Wildman–Crippen MR) is 89.5 cm³/mol. The number of hydroxylamine groups is 1. The van der Waals surface area contributed by atoms with E-state index in [9.17, 15) is 18.4 Å². The van der Waals surface area contributed by atoms with E-state index in [1.165, 1.54) is 19.2 Å². The third-order valence-electron chi connectivity index (χ3n) is 3.11. The standard InChI is InChI=1S/C15H14BrF2N3O4/c1-21-7-9(14(23)20-25-5-4-22)13(12(18)15(21)24)19-11-3-2-8(16)6-10(11)17/h2-3,6-7,19,22H,4-5H2,1H3,(H,20,23). The molecular formula is C15H14BrF2N3O4. The maximum atomic E-state index is 14.4. The molecule has 134 valence electrons. The van der Waals surface area contributed by atoms with E-state index in [-0.39, 0.29) is 24.5 Å².